The second-order valence-electron chi connectivity index (χ2n) is 11.2. The van der Waals surface area contributed by atoms with Crippen LogP contribution in [0.1, 0.15) is 43.3 Å². The van der Waals surface area contributed by atoms with Crippen LogP contribution in [0.4, 0.5) is 26.7 Å². The summed E-state index contributed by atoms with van der Waals surface area (Å²) in [6, 6.07) is 18.0. The second-order valence-corrected chi connectivity index (χ2v) is 12.2. The Bertz CT molecular complexity index is 1640. The highest BCUT2D eigenvalue weighted by molar-refractivity contribution is 7.21. The third kappa shape index (κ3) is 5.60. The summed E-state index contributed by atoms with van der Waals surface area (Å²) in [5, 5.41) is 6.74. The topological polar surface area (TPSA) is 113 Å². The van der Waals surface area contributed by atoms with Gasteiger partial charge in [0.05, 0.1) is 22.4 Å². The van der Waals surface area contributed by atoms with Crippen LogP contribution in [-0.2, 0) is 4.74 Å². The Kier molecular flexibility index (Phi) is 7.19. The van der Waals surface area contributed by atoms with Crippen molar-refractivity contribution in [3.05, 3.63) is 71.7 Å². The summed E-state index contributed by atoms with van der Waals surface area (Å²) in [6.07, 6.45) is 2.52. The van der Waals surface area contributed by atoms with Crippen LogP contribution in [0.15, 0.2) is 66.9 Å². The van der Waals surface area contributed by atoms with E-state index in [4.69, 9.17) is 9.47 Å². The van der Waals surface area contributed by atoms with Crippen molar-refractivity contribution in [3.63, 3.8) is 0 Å². The molecular weight excluding hydrogens is 554 g/mol. The van der Waals surface area contributed by atoms with Gasteiger partial charge in [0.15, 0.2) is 0 Å². The molecule has 0 unspecified atom stereocenters. The van der Waals surface area contributed by atoms with Crippen molar-refractivity contribution in [2.75, 3.05) is 23.3 Å². The average molecular weight is 586 g/mol. The molecule has 0 atom stereocenters. The number of nitrogens with one attached hydrogen (secondary N) is 2. The zero-order chi connectivity index (χ0) is 29.4. The minimum atomic E-state index is -0.558. The molecule has 11 heteroatoms. The fraction of sp³-hybridized carbons (Fsp3) is 0.290. The zero-order valence-corrected chi connectivity index (χ0v) is 24.4. The van der Waals surface area contributed by atoms with E-state index in [1.54, 1.807) is 22.1 Å². The van der Waals surface area contributed by atoms with Crippen molar-refractivity contribution in [1.29, 1.82) is 0 Å². The van der Waals surface area contributed by atoms with Gasteiger partial charge in [0.25, 0.3) is 5.91 Å². The molecule has 42 heavy (non-hydrogen) atoms. The molecule has 0 bridgehead atoms. The van der Waals surface area contributed by atoms with E-state index in [1.165, 1.54) is 11.3 Å². The molecule has 4 heterocycles. The van der Waals surface area contributed by atoms with Crippen LogP contribution >= 0.6 is 11.3 Å². The Labute approximate surface area is 247 Å². The Hall–Kier alpha value is -4.64. The molecule has 2 aliphatic heterocycles. The zero-order valence-electron chi connectivity index (χ0n) is 23.5. The Morgan fingerprint density at radius 3 is 2.38 bits per heavy atom. The van der Waals surface area contributed by atoms with E-state index in [1.807, 2.05) is 75.4 Å². The second kappa shape index (κ2) is 11.0. The van der Waals surface area contributed by atoms with Gasteiger partial charge in [0.1, 0.15) is 26.8 Å². The molecule has 1 saturated heterocycles. The number of benzene rings is 2. The molecule has 216 valence electrons. The van der Waals surface area contributed by atoms with E-state index < -0.39 is 5.60 Å². The molecule has 10 nitrogen and oxygen atoms in total. The molecule has 2 N–H and O–H groups in total. The molecule has 0 aliphatic carbocycles. The lowest BCUT2D eigenvalue weighted by Gasteiger charge is -2.33. The minimum Gasteiger partial charge on any atom is -0.457 e. The largest absolute Gasteiger partial charge is 0.457 e. The molecular formula is C31H31N5O5S. The van der Waals surface area contributed by atoms with E-state index in [0.717, 1.165) is 11.1 Å². The van der Waals surface area contributed by atoms with Crippen molar-refractivity contribution < 1.29 is 23.9 Å². The predicted octanol–water partition coefficient (Wildman–Crippen LogP) is 6.90. The number of aromatic nitrogens is 1. The summed E-state index contributed by atoms with van der Waals surface area (Å²) in [6.45, 7) is 6.50. The standard InChI is InChI=1S/C31H31N5O5S/c1-31(2,3)41-30(39)35-17-14-19(15-18-35)33-27(37)26-25-24-23(13-16-32-28(24)42-26)36(29(38)34-25)20-9-11-22(12-10-20)40-21-7-5-4-6-8-21/h4-13,16,19H,14-15,17-18H2,1-3H3,(H,33,37)(H,34,38). The monoisotopic (exact) mass is 585 g/mol. The fourth-order valence-corrected chi connectivity index (χ4v) is 6.09. The van der Waals surface area contributed by atoms with E-state index in [0.29, 0.717) is 58.5 Å². The Balaban J connectivity index is 1.18. The first-order chi connectivity index (χ1) is 20.2. The van der Waals surface area contributed by atoms with Crippen LogP contribution in [0.5, 0.6) is 11.5 Å². The van der Waals surface area contributed by atoms with Crippen molar-refractivity contribution >= 4 is 56.6 Å². The number of anilines is 3. The van der Waals surface area contributed by atoms with Gasteiger partial charge in [-0.15, -0.1) is 11.3 Å². The number of para-hydroxylation sites is 1. The number of pyridine rings is 1. The predicted molar refractivity (Wildman–Crippen MR) is 162 cm³/mol. The highest BCUT2D eigenvalue weighted by Gasteiger charge is 2.34. The van der Waals surface area contributed by atoms with Gasteiger partial charge in [-0.05, 0) is 76.1 Å². The van der Waals surface area contributed by atoms with Crippen LogP contribution in [0.25, 0.3) is 10.2 Å². The SMILES string of the molecule is CC(C)(C)OC(=O)N1CCC(NC(=O)c2sc3nccc4c3c2NC(=O)N4c2ccc(Oc3ccccc3)cc2)CC1. The fourth-order valence-electron chi connectivity index (χ4n) is 5.07. The lowest BCUT2D eigenvalue weighted by molar-refractivity contribution is 0.0199. The van der Waals surface area contributed by atoms with Crippen LogP contribution in [0.2, 0.25) is 0 Å². The summed E-state index contributed by atoms with van der Waals surface area (Å²) < 4.78 is 11.4. The van der Waals surface area contributed by atoms with Crippen LogP contribution in [0, 0.1) is 0 Å². The van der Waals surface area contributed by atoms with Crippen molar-refractivity contribution in [3.8, 4) is 11.5 Å². The van der Waals surface area contributed by atoms with Crippen molar-refractivity contribution in [2.24, 2.45) is 0 Å². The van der Waals surface area contributed by atoms with E-state index in [9.17, 15) is 14.4 Å². The van der Waals surface area contributed by atoms with Crippen LogP contribution in [-0.4, -0.2) is 52.6 Å². The van der Waals surface area contributed by atoms with Gasteiger partial charge in [-0.3, -0.25) is 9.69 Å². The normalized spacial score (nSPS) is 15.4. The van der Waals surface area contributed by atoms with Crippen molar-refractivity contribution in [1.82, 2.24) is 15.2 Å². The maximum atomic E-state index is 13.4. The lowest BCUT2D eigenvalue weighted by Crippen LogP contribution is -2.47. The molecule has 1 fully saturated rings. The smallest absolute Gasteiger partial charge is 0.410 e. The highest BCUT2D eigenvalue weighted by Crippen LogP contribution is 2.46. The molecule has 0 spiro atoms. The molecule has 2 aromatic heterocycles. The number of piperidine rings is 1. The summed E-state index contributed by atoms with van der Waals surface area (Å²) >= 11 is 1.24. The van der Waals surface area contributed by atoms with Gasteiger partial charge in [-0.25, -0.2) is 14.6 Å². The quantitative estimate of drug-likeness (QED) is 0.263. The van der Waals surface area contributed by atoms with Gasteiger partial charge in [-0.2, -0.15) is 0 Å². The molecule has 2 aromatic carbocycles. The Morgan fingerprint density at radius 1 is 1.00 bits per heavy atom. The summed E-state index contributed by atoms with van der Waals surface area (Å²) in [7, 11) is 0. The van der Waals surface area contributed by atoms with Crippen LogP contribution < -0.4 is 20.3 Å². The third-order valence-electron chi connectivity index (χ3n) is 7.01. The first kappa shape index (κ1) is 27.5. The van der Waals surface area contributed by atoms with Gasteiger partial charge >= 0.3 is 12.1 Å². The number of thiophene rings is 1. The number of rotatable bonds is 5. The first-order valence-electron chi connectivity index (χ1n) is 13.8. The van der Waals surface area contributed by atoms with Crippen LogP contribution in [0.3, 0.4) is 0 Å². The number of hydrogen-bond donors (Lipinski definition) is 2. The number of carbonyl (C=O) groups excluding carboxylic acids is 3. The highest BCUT2D eigenvalue weighted by atomic mass is 32.1. The molecule has 0 radical (unpaired) electrons. The number of amides is 4. The number of urea groups is 1. The van der Waals surface area contributed by atoms with Gasteiger partial charge in [0, 0.05) is 25.3 Å². The molecule has 2 aliphatic rings. The lowest BCUT2D eigenvalue weighted by atomic mass is 10.0. The van der Waals surface area contributed by atoms with Gasteiger partial charge < -0.3 is 25.0 Å². The van der Waals surface area contributed by atoms with Gasteiger partial charge in [-0.1, -0.05) is 18.2 Å². The first-order valence-corrected chi connectivity index (χ1v) is 14.6. The van der Waals surface area contributed by atoms with Gasteiger partial charge in [0.2, 0.25) is 0 Å². The van der Waals surface area contributed by atoms with E-state index in [2.05, 4.69) is 15.6 Å². The minimum absolute atomic E-state index is 0.103. The third-order valence-corrected chi connectivity index (χ3v) is 8.10. The number of nitrogens with zero attached hydrogens (tertiary/aromatic N) is 3. The maximum absolute atomic E-state index is 13.4. The van der Waals surface area contributed by atoms with E-state index >= 15 is 0 Å². The summed E-state index contributed by atoms with van der Waals surface area (Å²) in [4.78, 5) is 48.0. The molecule has 4 aromatic rings. The summed E-state index contributed by atoms with van der Waals surface area (Å²) in [5.41, 5.74) is 1.21. The summed E-state index contributed by atoms with van der Waals surface area (Å²) in [5.74, 6) is 1.10. The average Bonchev–Trinajstić information content (AvgIpc) is 3.33. The number of hydrogen-bond acceptors (Lipinski definition) is 7. The number of likely N-dealkylation sites (tertiary alicyclic amines) is 1. The van der Waals surface area contributed by atoms with Crippen molar-refractivity contribution in [2.45, 2.75) is 45.3 Å². The number of ether oxygens (including phenoxy) is 2. The van der Waals surface area contributed by atoms with E-state index in [-0.39, 0.29) is 24.1 Å². The maximum Gasteiger partial charge on any atom is 0.410 e. The molecule has 4 amide bonds. The molecule has 0 saturated carbocycles. The number of carbonyl (C=O) groups is 3. The Morgan fingerprint density at radius 2 is 1.69 bits per heavy atom. The molecule has 6 rings (SSSR count).